The molecule has 2 amide bonds. The second-order valence-electron chi connectivity index (χ2n) is 7.57. The van der Waals surface area contributed by atoms with E-state index in [4.69, 9.17) is 0 Å². The van der Waals surface area contributed by atoms with Gasteiger partial charge in [-0.2, -0.15) is 0 Å². The maximum absolute atomic E-state index is 13.3. The average Bonchev–Trinajstić information content (AvgIpc) is 2.91. The SMILES string of the molecule is C[C@@H]1Cc2ccccc2N1CC(=O)N1c2ccccc2NC(=O)C1(C)C. The molecule has 2 aromatic rings. The fourth-order valence-corrected chi connectivity index (χ4v) is 3.99. The van der Waals surface area contributed by atoms with Crippen LogP contribution in [-0.2, 0) is 16.0 Å². The molecule has 0 aliphatic carbocycles. The van der Waals surface area contributed by atoms with E-state index < -0.39 is 5.54 Å². The lowest BCUT2D eigenvalue weighted by atomic mass is 9.96. The van der Waals surface area contributed by atoms with Crippen molar-refractivity contribution in [2.24, 2.45) is 0 Å². The summed E-state index contributed by atoms with van der Waals surface area (Å²) in [5, 5.41) is 2.91. The van der Waals surface area contributed by atoms with E-state index in [0.29, 0.717) is 5.69 Å². The number of hydrogen-bond donors (Lipinski definition) is 1. The Labute approximate surface area is 153 Å². The highest BCUT2D eigenvalue weighted by molar-refractivity contribution is 6.14. The van der Waals surface area contributed by atoms with Gasteiger partial charge in [0.2, 0.25) is 11.8 Å². The maximum Gasteiger partial charge on any atom is 0.250 e. The third kappa shape index (κ3) is 2.46. The molecule has 0 unspecified atom stereocenters. The summed E-state index contributed by atoms with van der Waals surface area (Å²) in [7, 11) is 0. The van der Waals surface area contributed by atoms with Gasteiger partial charge < -0.3 is 10.2 Å². The van der Waals surface area contributed by atoms with Gasteiger partial charge >= 0.3 is 0 Å². The molecule has 1 N–H and O–H groups in total. The van der Waals surface area contributed by atoms with E-state index in [1.165, 1.54) is 5.56 Å². The summed E-state index contributed by atoms with van der Waals surface area (Å²) >= 11 is 0. The number of hydrogen-bond acceptors (Lipinski definition) is 3. The molecule has 26 heavy (non-hydrogen) atoms. The van der Waals surface area contributed by atoms with Gasteiger partial charge in [-0.15, -0.1) is 0 Å². The number of benzene rings is 2. The highest BCUT2D eigenvalue weighted by atomic mass is 16.2. The van der Waals surface area contributed by atoms with Gasteiger partial charge in [0, 0.05) is 11.7 Å². The van der Waals surface area contributed by atoms with Crippen molar-refractivity contribution in [1.29, 1.82) is 0 Å². The fourth-order valence-electron chi connectivity index (χ4n) is 3.99. The number of amides is 2. The summed E-state index contributed by atoms with van der Waals surface area (Å²) in [6, 6.07) is 15.9. The highest BCUT2D eigenvalue weighted by Gasteiger charge is 2.44. The standard InChI is InChI=1S/C21H23N3O2/c1-14-12-15-8-4-6-10-17(15)23(14)13-19(25)24-18-11-7-5-9-16(18)22-20(26)21(24,2)3/h4-11,14H,12-13H2,1-3H3,(H,22,26)/t14-/m1/s1. The summed E-state index contributed by atoms with van der Waals surface area (Å²) in [6.07, 6.45) is 0.934. The molecule has 0 saturated carbocycles. The van der Waals surface area contributed by atoms with Crippen LogP contribution in [0.3, 0.4) is 0 Å². The molecular weight excluding hydrogens is 326 g/mol. The van der Waals surface area contributed by atoms with Crippen LogP contribution in [0.25, 0.3) is 0 Å². The second-order valence-corrected chi connectivity index (χ2v) is 7.57. The van der Waals surface area contributed by atoms with Crippen molar-refractivity contribution < 1.29 is 9.59 Å². The number of carbonyl (C=O) groups excluding carboxylic acids is 2. The zero-order valence-corrected chi connectivity index (χ0v) is 15.3. The van der Waals surface area contributed by atoms with E-state index in [0.717, 1.165) is 17.8 Å². The molecular formula is C21H23N3O2. The molecule has 5 nitrogen and oxygen atoms in total. The molecule has 1 atom stereocenters. The van der Waals surface area contributed by atoms with E-state index in [-0.39, 0.29) is 24.4 Å². The number of rotatable bonds is 2. The molecule has 0 aromatic heterocycles. The van der Waals surface area contributed by atoms with Crippen molar-refractivity contribution in [2.45, 2.75) is 38.8 Å². The minimum atomic E-state index is -0.937. The minimum absolute atomic E-state index is 0.0687. The largest absolute Gasteiger partial charge is 0.359 e. The third-order valence-corrected chi connectivity index (χ3v) is 5.41. The van der Waals surface area contributed by atoms with Crippen LogP contribution in [0, 0.1) is 0 Å². The van der Waals surface area contributed by atoms with Crippen molar-refractivity contribution in [3.63, 3.8) is 0 Å². The molecule has 2 aliphatic heterocycles. The molecule has 5 heteroatoms. The zero-order chi connectivity index (χ0) is 18.5. The number of nitrogens with one attached hydrogen (secondary N) is 1. The van der Waals surface area contributed by atoms with Crippen LogP contribution in [0.5, 0.6) is 0 Å². The van der Waals surface area contributed by atoms with Gasteiger partial charge in [0.1, 0.15) is 5.54 Å². The van der Waals surface area contributed by atoms with Crippen molar-refractivity contribution in [3.8, 4) is 0 Å². The summed E-state index contributed by atoms with van der Waals surface area (Å²) < 4.78 is 0. The van der Waals surface area contributed by atoms with Gasteiger partial charge in [-0.05, 0) is 51.0 Å². The van der Waals surface area contributed by atoms with E-state index in [1.54, 1.807) is 18.7 Å². The normalized spacial score (nSPS) is 20.4. The Bertz CT molecular complexity index is 890. The highest BCUT2D eigenvalue weighted by Crippen LogP contribution is 2.38. The van der Waals surface area contributed by atoms with E-state index in [9.17, 15) is 9.59 Å². The number of fused-ring (bicyclic) bond motifs is 2. The van der Waals surface area contributed by atoms with Gasteiger partial charge in [-0.25, -0.2) is 0 Å². The van der Waals surface area contributed by atoms with E-state index in [1.807, 2.05) is 36.4 Å². The first-order chi connectivity index (χ1) is 12.4. The molecule has 0 spiro atoms. The monoisotopic (exact) mass is 349 g/mol. The van der Waals surface area contributed by atoms with Gasteiger partial charge in [0.25, 0.3) is 0 Å². The van der Waals surface area contributed by atoms with Gasteiger partial charge in [0.15, 0.2) is 0 Å². The smallest absolute Gasteiger partial charge is 0.250 e. The molecule has 0 radical (unpaired) electrons. The maximum atomic E-state index is 13.3. The topological polar surface area (TPSA) is 52.7 Å². The van der Waals surface area contributed by atoms with Crippen molar-refractivity contribution >= 4 is 28.9 Å². The third-order valence-electron chi connectivity index (χ3n) is 5.41. The van der Waals surface area contributed by atoms with Crippen LogP contribution in [-0.4, -0.2) is 29.9 Å². The number of nitrogens with zero attached hydrogens (tertiary/aromatic N) is 2. The lowest BCUT2D eigenvalue weighted by Crippen LogP contribution is -2.60. The van der Waals surface area contributed by atoms with Crippen LogP contribution < -0.4 is 15.1 Å². The second kappa shape index (κ2) is 5.87. The van der Waals surface area contributed by atoms with Crippen LogP contribution in [0.15, 0.2) is 48.5 Å². The number of anilines is 3. The summed E-state index contributed by atoms with van der Waals surface area (Å²) in [5.74, 6) is -0.236. The Hall–Kier alpha value is -2.82. The molecule has 2 heterocycles. The quantitative estimate of drug-likeness (QED) is 0.906. The van der Waals surface area contributed by atoms with Crippen LogP contribution in [0.4, 0.5) is 17.1 Å². The Balaban J connectivity index is 1.69. The Morgan fingerprint density at radius 3 is 2.54 bits per heavy atom. The lowest BCUT2D eigenvalue weighted by Gasteiger charge is -2.43. The van der Waals surface area contributed by atoms with Crippen LogP contribution in [0.2, 0.25) is 0 Å². The first kappa shape index (κ1) is 16.6. The Morgan fingerprint density at radius 1 is 1.12 bits per heavy atom. The van der Waals surface area contributed by atoms with Crippen molar-refractivity contribution in [2.75, 3.05) is 21.7 Å². The van der Waals surface area contributed by atoms with Crippen molar-refractivity contribution in [1.82, 2.24) is 0 Å². The molecule has 134 valence electrons. The first-order valence-corrected chi connectivity index (χ1v) is 8.97. The molecule has 4 rings (SSSR count). The van der Waals surface area contributed by atoms with Gasteiger partial charge in [-0.1, -0.05) is 30.3 Å². The van der Waals surface area contributed by atoms with E-state index >= 15 is 0 Å². The fraction of sp³-hybridized carbons (Fsp3) is 0.333. The predicted octanol–water partition coefficient (Wildman–Crippen LogP) is 3.20. The lowest BCUT2D eigenvalue weighted by molar-refractivity contribution is -0.125. The van der Waals surface area contributed by atoms with E-state index in [2.05, 4.69) is 29.3 Å². The number of para-hydroxylation sites is 3. The number of carbonyl (C=O) groups is 2. The zero-order valence-electron chi connectivity index (χ0n) is 15.3. The first-order valence-electron chi connectivity index (χ1n) is 8.97. The minimum Gasteiger partial charge on any atom is -0.359 e. The Morgan fingerprint density at radius 2 is 1.77 bits per heavy atom. The van der Waals surface area contributed by atoms with Crippen molar-refractivity contribution in [3.05, 3.63) is 54.1 Å². The molecule has 2 aliphatic rings. The summed E-state index contributed by atoms with van der Waals surface area (Å²) in [4.78, 5) is 29.7. The van der Waals surface area contributed by atoms with Gasteiger partial charge in [-0.3, -0.25) is 14.5 Å². The molecule has 0 fully saturated rings. The van der Waals surface area contributed by atoms with Gasteiger partial charge in [0.05, 0.1) is 17.9 Å². The predicted molar refractivity (Wildman–Crippen MR) is 104 cm³/mol. The molecule has 0 saturated heterocycles. The Kier molecular flexibility index (Phi) is 3.75. The summed E-state index contributed by atoms with van der Waals surface area (Å²) in [5.41, 5.74) is 2.88. The molecule has 0 bridgehead atoms. The van der Waals surface area contributed by atoms with Crippen LogP contribution in [0.1, 0.15) is 26.3 Å². The average molecular weight is 349 g/mol. The molecule has 2 aromatic carbocycles. The summed E-state index contributed by atoms with van der Waals surface area (Å²) in [6.45, 7) is 5.97. The van der Waals surface area contributed by atoms with Crippen LogP contribution >= 0.6 is 0 Å².